The minimum Gasteiger partial charge on any atom is -0.376 e. The fourth-order valence-electron chi connectivity index (χ4n) is 3.35. The first-order chi connectivity index (χ1) is 13.4. The summed E-state index contributed by atoms with van der Waals surface area (Å²) in [5, 5.41) is 2.81. The first-order valence-corrected chi connectivity index (χ1v) is 10.8. The van der Waals surface area contributed by atoms with Crippen molar-refractivity contribution in [1.29, 1.82) is 0 Å². The smallest absolute Gasteiger partial charge is 0.264 e. The summed E-state index contributed by atoms with van der Waals surface area (Å²) in [5.41, 5.74) is 2.35. The van der Waals surface area contributed by atoms with Crippen LogP contribution in [0.25, 0.3) is 0 Å². The molecule has 1 aliphatic rings. The molecule has 1 atom stereocenters. The van der Waals surface area contributed by atoms with Crippen LogP contribution in [0.1, 0.15) is 24.0 Å². The largest absolute Gasteiger partial charge is 0.376 e. The molecule has 1 saturated heterocycles. The van der Waals surface area contributed by atoms with Crippen molar-refractivity contribution in [3.05, 3.63) is 59.7 Å². The Kier molecular flexibility index (Phi) is 6.36. The summed E-state index contributed by atoms with van der Waals surface area (Å²) in [7, 11) is -3.88. The molecule has 0 saturated carbocycles. The van der Waals surface area contributed by atoms with Gasteiger partial charge in [-0.25, -0.2) is 8.42 Å². The third-order valence-corrected chi connectivity index (χ3v) is 6.45. The summed E-state index contributed by atoms with van der Waals surface area (Å²) >= 11 is 0. The summed E-state index contributed by atoms with van der Waals surface area (Å²) in [6, 6.07) is 13.7. The van der Waals surface area contributed by atoms with E-state index in [0.29, 0.717) is 18.8 Å². The van der Waals surface area contributed by atoms with Gasteiger partial charge in [0.2, 0.25) is 5.91 Å². The number of anilines is 1. The Bertz CT molecular complexity index is 902. The van der Waals surface area contributed by atoms with Gasteiger partial charge in [-0.05, 0) is 62.1 Å². The molecule has 1 heterocycles. The van der Waals surface area contributed by atoms with Crippen molar-refractivity contribution >= 4 is 21.6 Å². The zero-order valence-corrected chi connectivity index (χ0v) is 17.0. The van der Waals surface area contributed by atoms with Gasteiger partial charge in [0.05, 0.1) is 16.7 Å². The topological polar surface area (TPSA) is 75.7 Å². The van der Waals surface area contributed by atoms with Gasteiger partial charge in [0.15, 0.2) is 0 Å². The lowest BCUT2D eigenvalue weighted by molar-refractivity contribution is -0.120. The summed E-state index contributed by atoms with van der Waals surface area (Å²) in [6.45, 7) is 4.62. The van der Waals surface area contributed by atoms with E-state index in [1.54, 1.807) is 30.3 Å². The Morgan fingerprint density at radius 3 is 2.43 bits per heavy atom. The zero-order chi connectivity index (χ0) is 20.1. The SMILES string of the molecule is Cc1cc(C)cc(N(CC(=O)NC[C@@H]2CCCO2)S(=O)(=O)c2ccccc2)c1. The van der Waals surface area contributed by atoms with Crippen LogP contribution in [0.2, 0.25) is 0 Å². The Morgan fingerprint density at radius 2 is 1.82 bits per heavy atom. The van der Waals surface area contributed by atoms with Gasteiger partial charge in [-0.2, -0.15) is 0 Å². The van der Waals surface area contributed by atoms with Crippen LogP contribution in [0.4, 0.5) is 5.69 Å². The molecular formula is C21H26N2O4S. The summed E-state index contributed by atoms with van der Waals surface area (Å²) in [4.78, 5) is 12.7. The van der Waals surface area contributed by atoms with Gasteiger partial charge in [-0.1, -0.05) is 24.3 Å². The molecular weight excluding hydrogens is 376 g/mol. The van der Waals surface area contributed by atoms with E-state index in [-0.39, 0.29) is 23.5 Å². The lowest BCUT2D eigenvalue weighted by atomic mass is 10.1. The number of carbonyl (C=O) groups is 1. The molecule has 7 heteroatoms. The average Bonchev–Trinajstić information content (AvgIpc) is 3.18. The maximum atomic E-state index is 13.3. The van der Waals surface area contributed by atoms with E-state index < -0.39 is 10.0 Å². The molecule has 1 N–H and O–H groups in total. The van der Waals surface area contributed by atoms with E-state index in [0.717, 1.165) is 24.0 Å². The van der Waals surface area contributed by atoms with Crippen LogP contribution in [0.3, 0.4) is 0 Å². The molecule has 0 aromatic heterocycles. The maximum absolute atomic E-state index is 13.3. The maximum Gasteiger partial charge on any atom is 0.264 e. The highest BCUT2D eigenvalue weighted by atomic mass is 32.2. The molecule has 0 aliphatic carbocycles. The molecule has 6 nitrogen and oxygen atoms in total. The van der Waals surface area contributed by atoms with Gasteiger partial charge in [0, 0.05) is 13.2 Å². The Labute approximate surface area is 166 Å². The minimum absolute atomic E-state index is 0.00402. The third-order valence-electron chi connectivity index (χ3n) is 4.66. The predicted octanol–water partition coefficient (Wildman–Crippen LogP) is 2.79. The number of aryl methyl sites for hydroxylation is 2. The molecule has 1 aliphatic heterocycles. The summed E-state index contributed by atoms with van der Waals surface area (Å²) in [6.07, 6.45) is 1.89. The fraction of sp³-hybridized carbons (Fsp3) is 0.381. The molecule has 2 aromatic carbocycles. The number of nitrogens with zero attached hydrogens (tertiary/aromatic N) is 1. The van der Waals surface area contributed by atoms with Crippen molar-refractivity contribution < 1.29 is 17.9 Å². The highest BCUT2D eigenvalue weighted by Gasteiger charge is 2.28. The number of ether oxygens (including phenoxy) is 1. The van der Waals surface area contributed by atoms with Crippen molar-refractivity contribution in [3.8, 4) is 0 Å². The van der Waals surface area contributed by atoms with Crippen LogP contribution in [-0.4, -0.2) is 40.1 Å². The fourth-order valence-corrected chi connectivity index (χ4v) is 4.77. The van der Waals surface area contributed by atoms with Crippen LogP contribution in [0.15, 0.2) is 53.4 Å². The van der Waals surface area contributed by atoms with E-state index in [1.165, 1.54) is 16.4 Å². The van der Waals surface area contributed by atoms with Gasteiger partial charge < -0.3 is 10.1 Å². The first kappa shape index (κ1) is 20.4. The van der Waals surface area contributed by atoms with E-state index in [1.807, 2.05) is 19.9 Å². The van der Waals surface area contributed by atoms with E-state index in [4.69, 9.17) is 4.74 Å². The molecule has 28 heavy (non-hydrogen) atoms. The normalized spacial score (nSPS) is 16.7. The number of carbonyl (C=O) groups excluding carboxylic acids is 1. The van der Waals surface area contributed by atoms with Crippen molar-refractivity contribution in [1.82, 2.24) is 5.32 Å². The number of benzene rings is 2. The van der Waals surface area contributed by atoms with Gasteiger partial charge in [-0.15, -0.1) is 0 Å². The van der Waals surface area contributed by atoms with E-state index >= 15 is 0 Å². The van der Waals surface area contributed by atoms with Crippen LogP contribution < -0.4 is 9.62 Å². The Morgan fingerprint density at radius 1 is 1.14 bits per heavy atom. The molecule has 1 fully saturated rings. The molecule has 150 valence electrons. The third kappa shape index (κ3) is 4.91. The highest BCUT2D eigenvalue weighted by molar-refractivity contribution is 7.92. The Hall–Kier alpha value is -2.38. The lowest BCUT2D eigenvalue weighted by Gasteiger charge is -2.25. The number of sulfonamides is 1. The quantitative estimate of drug-likeness (QED) is 0.773. The van der Waals surface area contributed by atoms with Crippen LogP contribution >= 0.6 is 0 Å². The molecule has 2 aromatic rings. The second-order valence-corrected chi connectivity index (χ2v) is 8.97. The summed E-state index contributed by atoms with van der Waals surface area (Å²) in [5.74, 6) is -0.353. The number of rotatable bonds is 7. The molecule has 0 bridgehead atoms. The molecule has 0 radical (unpaired) electrons. The molecule has 1 amide bonds. The Balaban J connectivity index is 1.87. The van der Waals surface area contributed by atoms with Crippen LogP contribution in [0.5, 0.6) is 0 Å². The highest BCUT2D eigenvalue weighted by Crippen LogP contribution is 2.25. The zero-order valence-electron chi connectivity index (χ0n) is 16.2. The number of hydrogen-bond donors (Lipinski definition) is 1. The van der Waals surface area contributed by atoms with Crippen molar-refractivity contribution in [3.63, 3.8) is 0 Å². The van der Waals surface area contributed by atoms with Gasteiger partial charge in [-0.3, -0.25) is 9.10 Å². The predicted molar refractivity (Wildman–Crippen MR) is 109 cm³/mol. The van der Waals surface area contributed by atoms with Crippen molar-refractivity contribution in [2.45, 2.75) is 37.7 Å². The van der Waals surface area contributed by atoms with Crippen molar-refractivity contribution in [2.75, 3.05) is 24.0 Å². The van der Waals surface area contributed by atoms with Gasteiger partial charge in [0.1, 0.15) is 6.54 Å². The monoisotopic (exact) mass is 402 g/mol. The number of hydrogen-bond acceptors (Lipinski definition) is 4. The van der Waals surface area contributed by atoms with Crippen LogP contribution in [-0.2, 0) is 19.6 Å². The van der Waals surface area contributed by atoms with E-state index in [9.17, 15) is 13.2 Å². The van der Waals surface area contributed by atoms with Gasteiger partial charge in [0.25, 0.3) is 10.0 Å². The van der Waals surface area contributed by atoms with Gasteiger partial charge >= 0.3 is 0 Å². The summed E-state index contributed by atoms with van der Waals surface area (Å²) < 4.78 is 33.2. The van der Waals surface area contributed by atoms with Crippen molar-refractivity contribution in [2.24, 2.45) is 0 Å². The second-order valence-electron chi connectivity index (χ2n) is 7.11. The average molecular weight is 403 g/mol. The molecule has 3 rings (SSSR count). The standard InChI is InChI=1S/C21H26N2O4S/c1-16-11-17(2)13-18(12-16)23(28(25,26)20-8-4-3-5-9-20)15-21(24)22-14-19-7-6-10-27-19/h3-5,8-9,11-13,19H,6-7,10,14-15H2,1-2H3,(H,22,24)/t19-/m0/s1. The van der Waals surface area contributed by atoms with E-state index in [2.05, 4.69) is 5.32 Å². The molecule has 0 spiro atoms. The second kappa shape index (κ2) is 8.75. The number of nitrogens with one attached hydrogen (secondary N) is 1. The number of amides is 1. The molecule has 0 unspecified atom stereocenters. The lowest BCUT2D eigenvalue weighted by Crippen LogP contribution is -2.42. The first-order valence-electron chi connectivity index (χ1n) is 9.40. The minimum atomic E-state index is -3.88. The van der Waals surface area contributed by atoms with Crippen LogP contribution in [0, 0.1) is 13.8 Å².